The van der Waals surface area contributed by atoms with Crippen LogP contribution in [0.25, 0.3) is 11.3 Å². The van der Waals surface area contributed by atoms with Crippen LogP contribution in [0.4, 0.5) is 14.9 Å². The summed E-state index contributed by atoms with van der Waals surface area (Å²) < 4.78 is 35.2. The molecule has 3 aromatic carbocycles. The maximum atomic E-state index is 13.7. The van der Waals surface area contributed by atoms with E-state index in [1.807, 2.05) is 31.2 Å². The number of allylic oxidation sites excluding steroid dienone is 1. The van der Waals surface area contributed by atoms with Crippen LogP contribution >= 0.6 is 21.6 Å². The third-order valence-electron chi connectivity index (χ3n) is 6.57. The molecule has 0 saturated carbocycles. The molecule has 0 aliphatic heterocycles. The van der Waals surface area contributed by atoms with E-state index in [0.717, 1.165) is 57.3 Å². The van der Waals surface area contributed by atoms with Crippen molar-refractivity contribution in [1.82, 2.24) is 0 Å². The third-order valence-corrected chi connectivity index (χ3v) is 9.83. The number of anilines is 1. The van der Waals surface area contributed by atoms with Gasteiger partial charge in [0, 0.05) is 85.6 Å². The first-order valence-electron chi connectivity index (χ1n) is 13.5. The SMILES string of the molecule is CC1=C(CC([NH-])=O)c2cc(F)ccc2C1Cc1ccc(S(C)=O)cc1.COCCSSCCOC(=O)Nc1cc[c-]cc1.[Y]. The van der Waals surface area contributed by atoms with Gasteiger partial charge in [-0.05, 0) is 59.9 Å². The molecule has 0 spiro atoms. The molecule has 2 amide bonds. The van der Waals surface area contributed by atoms with Gasteiger partial charge in [0.05, 0.1) is 12.5 Å². The Morgan fingerprint density at radius 1 is 1.05 bits per heavy atom. The van der Waals surface area contributed by atoms with Gasteiger partial charge in [-0.25, -0.2) is 9.18 Å². The first kappa shape index (κ1) is 38.2. The molecule has 0 aromatic heterocycles. The number of amides is 2. The van der Waals surface area contributed by atoms with Crippen LogP contribution in [0.2, 0.25) is 0 Å². The van der Waals surface area contributed by atoms with Crippen molar-refractivity contribution in [2.24, 2.45) is 0 Å². The zero-order chi connectivity index (χ0) is 31.2. The number of methoxy groups -OCH3 is 1. The fourth-order valence-corrected chi connectivity index (χ4v) is 6.75. The average Bonchev–Trinajstić information content (AvgIpc) is 3.22. The first-order chi connectivity index (χ1) is 20.7. The van der Waals surface area contributed by atoms with Crippen LogP contribution in [-0.2, 0) is 64.2 Å². The monoisotopic (exact) mass is 731 g/mol. The summed E-state index contributed by atoms with van der Waals surface area (Å²) in [7, 11) is 4.05. The van der Waals surface area contributed by atoms with E-state index in [0.29, 0.717) is 12.3 Å². The summed E-state index contributed by atoms with van der Waals surface area (Å²) >= 11 is 0. The number of hydrogen-bond acceptors (Lipinski definition) is 7. The number of rotatable bonds is 13. The molecular weight excluding hydrogens is 696 g/mol. The molecule has 1 aliphatic rings. The second kappa shape index (κ2) is 20.2. The second-order valence-electron chi connectivity index (χ2n) is 9.53. The van der Waals surface area contributed by atoms with Gasteiger partial charge in [-0.15, -0.1) is 12.1 Å². The Morgan fingerprint density at radius 2 is 1.70 bits per heavy atom. The van der Waals surface area contributed by atoms with E-state index in [9.17, 15) is 18.2 Å². The molecular formula is C32H35FN2O5S3Y-2. The minimum absolute atomic E-state index is 0. The molecule has 44 heavy (non-hydrogen) atoms. The number of carbonyl (C=O) groups is 2. The normalized spacial score (nSPS) is 14.0. The number of halogens is 1. The van der Waals surface area contributed by atoms with E-state index in [1.165, 1.54) is 12.1 Å². The van der Waals surface area contributed by atoms with Gasteiger partial charge in [0.2, 0.25) is 0 Å². The average molecular weight is 732 g/mol. The number of ether oxygens (including phenoxy) is 2. The molecule has 0 fully saturated rings. The van der Waals surface area contributed by atoms with Crippen molar-refractivity contribution in [3.63, 3.8) is 0 Å². The van der Waals surface area contributed by atoms with Crippen molar-refractivity contribution in [3.05, 3.63) is 107 Å². The van der Waals surface area contributed by atoms with Crippen molar-refractivity contribution in [3.8, 4) is 0 Å². The van der Waals surface area contributed by atoms with Crippen LogP contribution in [0.1, 0.15) is 36.0 Å². The van der Waals surface area contributed by atoms with E-state index in [2.05, 4.69) is 11.4 Å². The Bertz CT molecular complexity index is 1430. The van der Waals surface area contributed by atoms with Crippen LogP contribution in [0, 0.1) is 11.9 Å². The number of benzene rings is 3. The van der Waals surface area contributed by atoms with Gasteiger partial charge >= 0.3 is 6.09 Å². The number of nitrogens with one attached hydrogen (secondary N) is 2. The Labute approximate surface area is 294 Å². The molecule has 1 radical (unpaired) electrons. The molecule has 2 unspecified atom stereocenters. The summed E-state index contributed by atoms with van der Waals surface area (Å²) in [6.45, 7) is 3.09. The Balaban J connectivity index is 0.000000317. The Hall–Kier alpha value is -2.02. The Morgan fingerprint density at radius 3 is 2.32 bits per heavy atom. The van der Waals surface area contributed by atoms with Gasteiger partial charge in [0.15, 0.2) is 0 Å². The van der Waals surface area contributed by atoms with E-state index in [4.69, 9.17) is 15.2 Å². The molecule has 0 heterocycles. The summed E-state index contributed by atoms with van der Waals surface area (Å²) in [4.78, 5) is 23.5. The fraction of sp³-hybridized carbons (Fsp3) is 0.312. The van der Waals surface area contributed by atoms with Crippen LogP contribution in [-0.4, -0.2) is 54.3 Å². The van der Waals surface area contributed by atoms with Gasteiger partial charge in [0.25, 0.3) is 0 Å². The molecule has 2 atom stereocenters. The largest absolute Gasteiger partial charge is 0.667 e. The third kappa shape index (κ3) is 12.4. The van der Waals surface area contributed by atoms with Gasteiger partial charge in [0.1, 0.15) is 12.4 Å². The molecule has 0 saturated heterocycles. The molecule has 0 bridgehead atoms. The molecule has 3 aromatic rings. The fourth-order valence-electron chi connectivity index (χ4n) is 4.49. The number of hydrogen-bond donors (Lipinski definition) is 1. The van der Waals surface area contributed by atoms with E-state index in [1.54, 1.807) is 65.3 Å². The predicted molar refractivity (Wildman–Crippen MR) is 175 cm³/mol. The molecule has 233 valence electrons. The van der Waals surface area contributed by atoms with Crippen LogP contribution in [0.3, 0.4) is 0 Å². The molecule has 7 nitrogen and oxygen atoms in total. The number of carbonyl (C=O) groups excluding carboxylic acids is 2. The van der Waals surface area contributed by atoms with E-state index in [-0.39, 0.29) is 50.9 Å². The van der Waals surface area contributed by atoms with Gasteiger partial charge < -0.3 is 25.3 Å². The van der Waals surface area contributed by atoms with Crippen molar-refractivity contribution < 1.29 is 60.4 Å². The van der Waals surface area contributed by atoms with E-state index >= 15 is 0 Å². The van der Waals surface area contributed by atoms with Crippen LogP contribution < -0.4 is 5.32 Å². The van der Waals surface area contributed by atoms with Crippen molar-refractivity contribution in [2.75, 3.05) is 43.4 Å². The van der Waals surface area contributed by atoms with Gasteiger partial charge in [-0.2, -0.15) is 18.2 Å². The van der Waals surface area contributed by atoms with Crippen LogP contribution in [0.5, 0.6) is 0 Å². The minimum Gasteiger partial charge on any atom is -0.667 e. The van der Waals surface area contributed by atoms with Gasteiger partial charge in [-0.1, -0.05) is 51.0 Å². The molecule has 4 rings (SSSR count). The smallest absolute Gasteiger partial charge is 0.409 e. The topological polar surface area (TPSA) is 106 Å². The van der Waals surface area contributed by atoms with Crippen molar-refractivity contribution in [1.29, 1.82) is 0 Å². The molecule has 12 heteroatoms. The first-order valence-corrected chi connectivity index (χ1v) is 17.5. The zero-order valence-electron chi connectivity index (χ0n) is 24.9. The summed E-state index contributed by atoms with van der Waals surface area (Å²) in [6.07, 6.45) is 1.95. The molecule has 1 aliphatic carbocycles. The van der Waals surface area contributed by atoms with Crippen molar-refractivity contribution in [2.45, 2.75) is 30.6 Å². The van der Waals surface area contributed by atoms with Crippen molar-refractivity contribution >= 4 is 55.6 Å². The maximum Gasteiger partial charge on any atom is 0.409 e. The minimum atomic E-state index is -1.01. The van der Waals surface area contributed by atoms with Gasteiger partial charge in [-0.3, -0.25) is 4.21 Å². The standard InChI is InChI=1S/C20H20FNO2S.C12H16NO3S2.Y/c1-12-17(9-13-3-6-15(7-4-13)25(2)24)16-8-5-14(21)10-19(16)18(12)11-20(22)23;1-15-7-9-17-18-10-8-16-12(14)13-11-5-3-2-4-6-11;/h3-8,10,17H,9,11H2,1-2H3,(H2,22,23);3-6H,7-10H2,1H3,(H,13,14);/q;-1;/p-1. The quantitative estimate of drug-likeness (QED) is 0.109. The van der Waals surface area contributed by atoms with E-state index < -0.39 is 22.8 Å². The second-order valence-corrected chi connectivity index (χ2v) is 13.6. The summed E-state index contributed by atoms with van der Waals surface area (Å²) in [6, 6.07) is 22.2. The summed E-state index contributed by atoms with van der Waals surface area (Å²) in [5.74, 6) is 0.762. The molecule has 2 N–H and O–H groups in total. The summed E-state index contributed by atoms with van der Waals surface area (Å²) in [5, 5.41) is 2.64. The number of fused-ring (bicyclic) bond motifs is 1. The maximum absolute atomic E-state index is 13.7. The zero-order valence-corrected chi connectivity index (χ0v) is 30.2. The Kier molecular flexibility index (Phi) is 17.5. The van der Waals surface area contributed by atoms with Crippen LogP contribution in [0.15, 0.2) is 77.2 Å². The summed E-state index contributed by atoms with van der Waals surface area (Å²) in [5.41, 5.74) is 12.6. The predicted octanol–water partition coefficient (Wildman–Crippen LogP) is 7.71.